The molecule has 55 heavy (non-hydrogen) atoms. The molecule has 0 atom stereocenters. The average Bonchev–Trinajstić information content (AvgIpc) is 3.81. The number of rotatable bonds is 6. The van der Waals surface area contributed by atoms with E-state index in [2.05, 4.69) is 216 Å². The van der Waals surface area contributed by atoms with E-state index in [1.807, 2.05) is 11.3 Å². The van der Waals surface area contributed by atoms with Crippen molar-refractivity contribution in [3.05, 3.63) is 206 Å². The molecule has 0 unspecified atom stereocenters. The first-order valence-corrected chi connectivity index (χ1v) is 19.6. The van der Waals surface area contributed by atoms with Gasteiger partial charge in [0, 0.05) is 47.9 Å². The van der Waals surface area contributed by atoms with Crippen LogP contribution >= 0.6 is 11.3 Å². The first-order chi connectivity index (χ1) is 27.3. The Morgan fingerprint density at radius 3 is 1.80 bits per heavy atom. The second kappa shape index (κ2) is 12.9. The fourth-order valence-electron chi connectivity index (χ4n) is 8.58. The highest BCUT2D eigenvalue weighted by atomic mass is 32.1. The van der Waals surface area contributed by atoms with E-state index in [1.54, 1.807) is 0 Å². The topological polar surface area (TPSA) is 8.17 Å². The molecule has 0 radical (unpaired) electrons. The number of nitrogens with zero attached hydrogens (tertiary/aromatic N) is 2. The molecule has 9 aromatic carbocycles. The molecule has 258 valence electrons. The molecule has 0 saturated heterocycles. The highest BCUT2D eigenvalue weighted by Crippen LogP contribution is 2.47. The molecule has 2 aromatic heterocycles. The molecule has 11 aromatic rings. The fourth-order valence-corrected chi connectivity index (χ4v) is 9.74. The van der Waals surface area contributed by atoms with Gasteiger partial charge in [-0.25, -0.2) is 0 Å². The minimum Gasteiger partial charge on any atom is -0.308 e. The van der Waals surface area contributed by atoms with Gasteiger partial charge in [-0.1, -0.05) is 152 Å². The molecule has 2 heterocycles. The standard InChI is InChI=1S/C52H34N2S/c1-3-16-35(17-4-1)39-20-9-12-26-46(39)53(48-28-15-25-43-41-22-10-13-27-47(41)54(52(43)48)37-18-5-2-6-19-37)38-32-30-36(31-33-38)45-34-50-51(42-23-8-7-21-40(42)45)44-24-11-14-29-49(44)55-50/h1-34H. The summed E-state index contributed by atoms with van der Waals surface area (Å²) in [6, 6.07) is 75.1. The molecule has 0 aliphatic carbocycles. The lowest BCUT2D eigenvalue weighted by atomic mass is 9.94. The number of hydrogen-bond donors (Lipinski definition) is 0. The molecule has 11 rings (SSSR count). The van der Waals surface area contributed by atoms with Crippen molar-refractivity contribution in [2.75, 3.05) is 4.90 Å². The van der Waals surface area contributed by atoms with E-state index in [9.17, 15) is 0 Å². The van der Waals surface area contributed by atoms with Gasteiger partial charge in [0.2, 0.25) is 0 Å². The van der Waals surface area contributed by atoms with Crippen LogP contribution in [0.15, 0.2) is 206 Å². The van der Waals surface area contributed by atoms with Gasteiger partial charge in [0.1, 0.15) is 0 Å². The second-order valence-corrected chi connectivity index (χ2v) is 15.2. The van der Waals surface area contributed by atoms with Crippen LogP contribution in [-0.2, 0) is 0 Å². The Morgan fingerprint density at radius 2 is 0.982 bits per heavy atom. The third-order valence-electron chi connectivity index (χ3n) is 11.0. The van der Waals surface area contributed by atoms with Crippen molar-refractivity contribution >= 4 is 81.1 Å². The van der Waals surface area contributed by atoms with Crippen molar-refractivity contribution in [2.24, 2.45) is 0 Å². The van der Waals surface area contributed by atoms with E-state index in [1.165, 1.54) is 75.0 Å². The van der Waals surface area contributed by atoms with Crippen molar-refractivity contribution in [3.8, 4) is 27.9 Å². The zero-order valence-electron chi connectivity index (χ0n) is 29.9. The summed E-state index contributed by atoms with van der Waals surface area (Å²) in [7, 11) is 0. The van der Waals surface area contributed by atoms with Gasteiger partial charge in [0.15, 0.2) is 0 Å². The third kappa shape index (κ3) is 5.09. The van der Waals surface area contributed by atoms with E-state index in [0.29, 0.717) is 0 Å². The van der Waals surface area contributed by atoms with Crippen LogP contribution in [-0.4, -0.2) is 4.57 Å². The zero-order chi connectivity index (χ0) is 36.3. The summed E-state index contributed by atoms with van der Waals surface area (Å²) < 4.78 is 5.07. The third-order valence-corrected chi connectivity index (χ3v) is 12.1. The van der Waals surface area contributed by atoms with Crippen LogP contribution in [0.1, 0.15) is 0 Å². The van der Waals surface area contributed by atoms with Crippen molar-refractivity contribution in [3.63, 3.8) is 0 Å². The van der Waals surface area contributed by atoms with E-state index in [4.69, 9.17) is 0 Å². The highest BCUT2D eigenvalue weighted by Gasteiger charge is 2.23. The van der Waals surface area contributed by atoms with Crippen molar-refractivity contribution in [2.45, 2.75) is 0 Å². The lowest BCUT2D eigenvalue weighted by Crippen LogP contribution is -2.12. The van der Waals surface area contributed by atoms with Crippen molar-refractivity contribution < 1.29 is 0 Å². The van der Waals surface area contributed by atoms with E-state index in [0.717, 1.165) is 22.7 Å². The Labute approximate surface area is 323 Å². The maximum absolute atomic E-state index is 2.46. The van der Waals surface area contributed by atoms with Crippen molar-refractivity contribution in [1.29, 1.82) is 0 Å². The minimum atomic E-state index is 1.09. The zero-order valence-corrected chi connectivity index (χ0v) is 30.7. The van der Waals surface area contributed by atoms with Crippen LogP contribution in [0.5, 0.6) is 0 Å². The van der Waals surface area contributed by atoms with Crippen molar-refractivity contribution in [1.82, 2.24) is 4.57 Å². The molecule has 2 nitrogen and oxygen atoms in total. The number of aromatic nitrogens is 1. The summed E-state index contributed by atoms with van der Waals surface area (Å²) in [4.78, 5) is 2.46. The maximum Gasteiger partial charge on any atom is 0.0782 e. The SMILES string of the molecule is c1ccc(-c2ccccc2N(c2ccc(-c3cc4sc5ccccc5c4c4ccccc34)cc2)c2cccc3c4ccccc4n(-c4ccccc4)c23)cc1. The van der Waals surface area contributed by atoms with Gasteiger partial charge < -0.3 is 9.47 Å². The van der Waals surface area contributed by atoms with Crippen LogP contribution in [0.2, 0.25) is 0 Å². The monoisotopic (exact) mass is 718 g/mol. The Hall–Kier alpha value is -6.94. The largest absolute Gasteiger partial charge is 0.308 e. The molecular weight excluding hydrogens is 685 g/mol. The molecule has 0 fully saturated rings. The number of anilines is 3. The van der Waals surface area contributed by atoms with Gasteiger partial charge >= 0.3 is 0 Å². The Morgan fingerprint density at radius 1 is 0.382 bits per heavy atom. The molecule has 0 aliphatic heterocycles. The summed E-state index contributed by atoms with van der Waals surface area (Å²) in [5.74, 6) is 0. The second-order valence-electron chi connectivity index (χ2n) is 14.1. The molecular formula is C52H34N2S. The van der Waals surface area contributed by atoms with Gasteiger partial charge in [-0.2, -0.15) is 0 Å². The van der Waals surface area contributed by atoms with Crippen LogP contribution in [0, 0.1) is 0 Å². The predicted molar refractivity (Wildman–Crippen MR) is 237 cm³/mol. The highest BCUT2D eigenvalue weighted by molar-refractivity contribution is 7.26. The van der Waals surface area contributed by atoms with E-state index < -0.39 is 0 Å². The number of hydrogen-bond acceptors (Lipinski definition) is 2. The molecule has 0 spiro atoms. The lowest BCUT2D eigenvalue weighted by molar-refractivity contribution is 1.17. The summed E-state index contributed by atoms with van der Waals surface area (Å²) >= 11 is 1.88. The molecule has 0 bridgehead atoms. The minimum absolute atomic E-state index is 1.09. The maximum atomic E-state index is 2.46. The normalized spacial score (nSPS) is 11.6. The molecule has 0 saturated carbocycles. The van der Waals surface area contributed by atoms with E-state index >= 15 is 0 Å². The Kier molecular flexibility index (Phi) is 7.39. The predicted octanol–water partition coefficient (Wildman–Crippen LogP) is 15.1. The Balaban J connectivity index is 1.16. The smallest absolute Gasteiger partial charge is 0.0782 e. The number of benzene rings is 9. The van der Waals surface area contributed by atoms with Gasteiger partial charge in [-0.15, -0.1) is 11.3 Å². The summed E-state index contributed by atoms with van der Waals surface area (Å²) in [6.07, 6.45) is 0. The first-order valence-electron chi connectivity index (χ1n) is 18.8. The van der Waals surface area contributed by atoms with Gasteiger partial charge in [0.25, 0.3) is 0 Å². The molecule has 3 heteroatoms. The fraction of sp³-hybridized carbons (Fsp3) is 0. The van der Waals surface area contributed by atoms with Crippen LogP contribution < -0.4 is 4.90 Å². The van der Waals surface area contributed by atoms with Crippen LogP contribution in [0.3, 0.4) is 0 Å². The van der Waals surface area contributed by atoms with E-state index in [-0.39, 0.29) is 0 Å². The lowest BCUT2D eigenvalue weighted by Gasteiger charge is -2.29. The quantitative estimate of drug-likeness (QED) is 0.166. The van der Waals surface area contributed by atoms with Crippen LogP contribution in [0.4, 0.5) is 17.1 Å². The van der Waals surface area contributed by atoms with Gasteiger partial charge in [0.05, 0.1) is 22.4 Å². The number of para-hydroxylation sites is 4. The summed E-state index contributed by atoms with van der Waals surface area (Å²) in [6.45, 7) is 0. The molecule has 0 aliphatic rings. The van der Waals surface area contributed by atoms with Crippen LogP contribution in [0.25, 0.3) is 80.7 Å². The Bertz CT molecular complexity index is 3190. The number of fused-ring (bicyclic) bond motifs is 8. The van der Waals surface area contributed by atoms with Gasteiger partial charge in [-0.3, -0.25) is 0 Å². The summed E-state index contributed by atoms with van der Waals surface area (Å²) in [5.41, 5.74) is 11.6. The van der Waals surface area contributed by atoms with Gasteiger partial charge in [-0.05, 0) is 82.1 Å². The first kappa shape index (κ1) is 31.6. The molecule has 0 N–H and O–H groups in total. The summed E-state index contributed by atoms with van der Waals surface area (Å²) in [5, 5.41) is 7.71. The molecule has 0 amide bonds. The number of thiophene rings is 1. The average molecular weight is 719 g/mol.